The van der Waals surface area contributed by atoms with Crippen LogP contribution in [0.4, 0.5) is 4.79 Å². The van der Waals surface area contributed by atoms with Gasteiger partial charge in [-0.2, -0.15) is 0 Å². The van der Waals surface area contributed by atoms with E-state index in [1.807, 2.05) is 13.8 Å². The molecule has 0 spiro atoms. The minimum absolute atomic E-state index is 0.136. The highest BCUT2D eigenvalue weighted by molar-refractivity contribution is 6.30. The Kier molecular flexibility index (Phi) is 19.1. The van der Waals surface area contributed by atoms with Crippen LogP contribution in [0.3, 0.4) is 0 Å². The van der Waals surface area contributed by atoms with E-state index >= 15 is 0 Å². The number of carbonyl (C=O) groups is 4. The number of halogens is 2. The zero-order valence-corrected chi connectivity index (χ0v) is 27.8. The number of aliphatic carboxylic acids is 1. The van der Waals surface area contributed by atoms with Crippen LogP contribution in [-0.4, -0.2) is 80.0 Å². The van der Waals surface area contributed by atoms with Gasteiger partial charge in [0.1, 0.15) is 17.6 Å². The highest BCUT2D eigenvalue weighted by atomic mass is 35.5. The number of carbonyl (C=O) groups excluding carboxylic acids is 3. The van der Waals surface area contributed by atoms with E-state index in [0.29, 0.717) is 25.7 Å². The lowest BCUT2D eigenvalue weighted by Crippen LogP contribution is -2.40. The molecular weight excluding hydrogens is 639 g/mol. The molecule has 0 aromatic heterocycles. The molecule has 1 fully saturated rings. The van der Waals surface area contributed by atoms with E-state index in [-0.39, 0.29) is 29.8 Å². The van der Waals surface area contributed by atoms with E-state index in [4.69, 9.17) is 38.8 Å². The summed E-state index contributed by atoms with van der Waals surface area (Å²) in [6, 6.07) is -0.136. The highest BCUT2D eigenvalue weighted by Gasteiger charge is 2.33. The zero-order valence-electron chi connectivity index (χ0n) is 26.3. The van der Waals surface area contributed by atoms with Gasteiger partial charge in [0.2, 0.25) is 5.91 Å². The molecule has 0 heterocycles. The Bertz CT molecular complexity index is 1210. The molecule has 8 atom stereocenters. The number of ketones is 1. The fourth-order valence-corrected chi connectivity index (χ4v) is 5.02. The van der Waals surface area contributed by atoms with Gasteiger partial charge in [-0.3, -0.25) is 14.4 Å². The summed E-state index contributed by atoms with van der Waals surface area (Å²) in [4.78, 5) is 46.7. The predicted molar refractivity (Wildman–Crippen MR) is 177 cm³/mol. The molecule has 256 valence electrons. The number of carboxylic acids is 1. The number of carboxylic acid groups (broad SMARTS) is 1. The quantitative estimate of drug-likeness (QED) is 0.0500. The van der Waals surface area contributed by atoms with Crippen LogP contribution in [0.2, 0.25) is 0 Å². The number of primary amides is 1. The van der Waals surface area contributed by atoms with E-state index in [0.717, 1.165) is 5.57 Å². The third kappa shape index (κ3) is 15.4. The van der Waals surface area contributed by atoms with Crippen LogP contribution in [0.15, 0.2) is 71.4 Å². The smallest absolute Gasteiger partial charge is 0.405 e. The van der Waals surface area contributed by atoms with Crippen LogP contribution in [0.25, 0.3) is 0 Å². The van der Waals surface area contributed by atoms with Gasteiger partial charge in [-0.15, -0.1) is 11.6 Å². The summed E-state index contributed by atoms with van der Waals surface area (Å²) in [5.74, 6) is -3.04. The molecule has 8 unspecified atom stereocenters. The molecule has 46 heavy (non-hydrogen) atoms. The first-order valence-electron chi connectivity index (χ1n) is 15.1. The van der Waals surface area contributed by atoms with Crippen LogP contribution in [0, 0.1) is 11.8 Å². The topological polar surface area (TPSA) is 196 Å². The first kappa shape index (κ1) is 40.8. The number of hydrogen-bond acceptors (Lipinski definition) is 8. The molecule has 0 aromatic rings. The first-order chi connectivity index (χ1) is 21.7. The largest absolute Gasteiger partial charge is 0.481 e. The van der Waals surface area contributed by atoms with E-state index in [1.165, 1.54) is 18.2 Å². The average molecular weight is 686 g/mol. The summed E-state index contributed by atoms with van der Waals surface area (Å²) in [5.41, 5.74) is 5.92. The minimum Gasteiger partial charge on any atom is -0.481 e. The van der Waals surface area contributed by atoms with E-state index in [2.05, 4.69) is 5.32 Å². The van der Waals surface area contributed by atoms with Crippen molar-refractivity contribution in [1.29, 1.82) is 0 Å². The Hall–Kier alpha value is -3.22. The number of nitrogens with one attached hydrogen (secondary N) is 1. The minimum atomic E-state index is -1.76. The van der Waals surface area contributed by atoms with Crippen molar-refractivity contribution in [2.75, 3.05) is 0 Å². The third-order valence-corrected chi connectivity index (χ3v) is 8.36. The Balaban J connectivity index is 2.58. The second-order valence-electron chi connectivity index (χ2n) is 11.1. The molecule has 0 radical (unpaired) electrons. The van der Waals surface area contributed by atoms with Crippen molar-refractivity contribution in [3.05, 3.63) is 71.4 Å². The van der Waals surface area contributed by atoms with Crippen molar-refractivity contribution >= 4 is 47.0 Å². The summed E-state index contributed by atoms with van der Waals surface area (Å²) in [6.45, 7) is 5.24. The number of nitrogens with two attached hydrogens (primary N) is 1. The molecule has 0 aliphatic heterocycles. The van der Waals surface area contributed by atoms with Crippen molar-refractivity contribution in [3.8, 4) is 0 Å². The monoisotopic (exact) mass is 684 g/mol. The van der Waals surface area contributed by atoms with Crippen molar-refractivity contribution in [2.45, 2.75) is 95.1 Å². The Morgan fingerprint density at radius 1 is 1.04 bits per heavy atom. The molecular formula is C33H46Cl2N2O9. The lowest BCUT2D eigenvalue weighted by atomic mass is 9.93. The van der Waals surface area contributed by atoms with Gasteiger partial charge in [0, 0.05) is 29.5 Å². The van der Waals surface area contributed by atoms with Gasteiger partial charge in [-0.1, -0.05) is 73.6 Å². The van der Waals surface area contributed by atoms with Crippen molar-refractivity contribution in [2.24, 2.45) is 17.6 Å². The molecule has 2 amide bonds. The molecule has 0 bridgehead atoms. The van der Waals surface area contributed by atoms with E-state index in [1.54, 1.807) is 49.5 Å². The van der Waals surface area contributed by atoms with Crippen molar-refractivity contribution < 1.29 is 44.3 Å². The van der Waals surface area contributed by atoms with Gasteiger partial charge < -0.3 is 36.2 Å². The lowest BCUT2D eigenvalue weighted by molar-refractivity contribution is -0.141. The van der Waals surface area contributed by atoms with Gasteiger partial charge >= 0.3 is 12.1 Å². The van der Waals surface area contributed by atoms with Crippen LogP contribution in [0.1, 0.15) is 59.3 Å². The summed E-state index contributed by atoms with van der Waals surface area (Å²) >= 11 is 12.5. The first-order valence-corrected chi connectivity index (χ1v) is 15.9. The van der Waals surface area contributed by atoms with Gasteiger partial charge in [0.05, 0.1) is 18.1 Å². The number of allylic oxidation sites excluding steroid dienone is 9. The maximum absolute atomic E-state index is 12.5. The molecule has 13 heteroatoms. The number of aliphatic hydroxyl groups excluding tert-OH is 3. The molecule has 1 saturated carbocycles. The number of aliphatic hydroxyl groups is 3. The van der Waals surface area contributed by atoms with Gasteiger partial charge in [-0.05, 0) is 51.2 Å². The average Bonchev–Trinajstić information content (AvgIpc) is 3.49. The number of rotatable bonds is 19. The number of amides is 2. The fraction of sp³-hybridized carbons (Fsp3) is 0.515. The highest BCUT2D eigenvalue weighted by Crippen LogP contribution is 2.26. The van der Waals surface area contributed by atoms with Gasteiger partial charge in [0.15, 0.2) is 5.78 Å². The summed E-state index contributed by atoms with van der Waals surface area (Å²) < 4.78 is 4.92. The summed E-state index contributed by atoms with van der Waals surface area (Å²) in [6.07, 6.45) is 11.4. The molecule has 7 N–H and O–H groups in total. The Morgan fingerprint density at radius 2 is 1.70 bits per heavy atom. The SMILES string of the molecule is CC/C=C/C(OC(N)=O)C(Cl)C(O)CCC(=O)C(O)C(O)C(C)/C(Cl)=C/C=C/C=C(C)/C=C/C=C/C(=O)NC1CCC(C(=O)O)C1. The van der Waals surface area contributed by atoms with Crippen LogP contribution in [-0.2, 0) is 19.1 Å². The maximum Gasteiger partial charge on any atom is 0.405 e. The van der Waals surface area contributed by atoms with Crippen molar-refractivity contribution in [1.82, 2.24) is 5.32 Å². The Labute approximate surface area is 280 Å². The number of alkyl halides is 1. The summed E-state index contributed by atoms with van der Waals surface area (Å²) in [5, 5.41) is 42.3. The zero-order chi connectivity index (χ0) is 34.8. The van der Waals surface area contributed by atoms with E-state index < -0.39 is 59.5 Å². The molecule has 0 aromatic carbocycles. The standard InChI is InChI=1S/C33H46Cl2N2O9/c1-4-5-13-27(46-33(36)45)29(35)25(38)17-18-26(39)31(42)30(41)21(3)24(34)12-8-6-10-20(2)11-7-9-14-28(40)37-23-16-15-22(19-23)32(43)44/h5-14,21-23,25,27,29-31,38,41-42H,4,15-19H2,1-3H3,(H2,36,45)(H,37,40)(H,43,44)/b8-6+,11-7+,13-5+,14-9+,20-10+,24-12-. The number of ether oxygens (including phenoxy) is 1. The predicted octanol–water partition coefficient (Wildman–Crippen LogP) is 4.20. The second-order valence-corrected chi connectivity index (χ2v) is 12.0. The number of hydrogen-bond donors (Lipinski definition) is 6. The second kappa shape index (κ2) is 21.6. The molecule has 0 saturated heterocycles. The van der Waals surface area contributed by atoms with E-state index in [9.17, 15) is 34.5 Å². The van der Waals surface area contributed by atoms with Gasteiger partial charge in [-0.25, -0.2) is 4.79 Å². The normalized spacial score (nSPS) is 21.8. The molecule has 1 aliphatic rings. The van der Waals surface area contributed by atoms with Crippen molar-refractivity contribution in [3.63, 3.8) is 0 Å². The van der Waals surface area contributed by atoms with Crippen LogP contribution >= 0.6 is 23.2 Å². The third-order valence-electron chi connectivity index (χ3n) is 7.35. The van der Waals surface area contributed by atoms with Crippen LogP contribution in [0.5, 0.6) is 0 Å². The number of Topliss-reactive ketones (excluding diaryl/α,β-unsaturated/α-hetero) is 1. The fourth-order valence-electron chi connectivity index (χ4n) is 4.56. The molecule has 1 aliphatic carbocycles. The Morgan fingerprint density at radius 3 is 2.30 bits per heavy atom. The summed E-state index contributed by atoms with van der Waals surface area (Å²) in [7, 11) is 0. The molecule has 11 nitrogen and oxygen atoms in total. The lowest BCUT2D eigenvalue weighted by Gasteiger charge is -2.25. The maximum atomic E-state index is 12.5. The van der Waals surface area contributed by atoms with Gasteiger partial charge in [0.25, 0.3) is 0 Å². The van der Waals surface area contributed by atoms with Crippen LogP contribution < -0.4 is 11.1 Å². The molecule has 1 rings (SSSR count).